The van der Waals surface area contributed by atoms with E-state index in [4.69, 9.17) is 15.0 Å². The molecule has 2 aliphatic rings. The Kier molecular flexibility index (Phi) is 4.36. The number of nitrogens with two attached hydrogens (primary N) is 1. The summed E-state index contributed by atoms with van der Waals surface area (Å²) in [7, 11) is 0. The summed E-state index contributed by atoms with van der Waals surface area (Å²) in [6, 6.07) is 0. The predicted octanol–water partition coefficient (Wildman–Crippen LogP) is 2.20. The highest BCUT2D eigenvalue weighted by molar-refractivity contribution is 5.07. The van der Waals surface area contributed by atoms with Crippen LogP contribution in [0.2, 0.25) is 0 Å². The van der Waals surface area contributed by atoms with Crippen molar-refractivity contribution in [1.82, 2.24) is 10.1 Å². The van der Waals surface area contributed by atoms with E-state index in [1.807, 2.05) is 0 Å². The van der Waals surface area contributed by atoms with Crippen LogP contribution >= 0.6 is 0 Å². The molecule has 5 nitrogen and oxygen atoms in total. The largest absolute Gasteiger partial charge is 0.381 e. The van der Waals surface area contributed by atoms with Crippen LogP contribution in [0.1, 0.15) is 56.7 Å². The summed E-state index contributed by atoms with van der Waals surface area (Å²) in [5.74, 6) is 2.15. The summed E-state index contributed by atoms with van der Waals surface area (Å²) in [6.07, 6.45) is 9.15. The number of hydrogen-bond acceptors (Lipinski definition) is 5. The van der Waals surface area contributed by atoms with Crippen LogP contribution in [0.3, 0.4) is 0 Å². The zero-order chi connectivity index (χ0) is 13.8. The number of aromatic nitrogens is 2. The molecule has 1 saturated heterocycles. The molecule has 1 aromatic rings. The molecule has 1 unspecified atom stereocenters. The zero-order valence-corrected chi connectivity index (χ0v) is 12.1. The maximum Gasteiger partial charge on any atom is 0.234 e. The van der Waals surface area contributed by atoms with Gasteiger partial charge in [-0.25, -0.2) is 0 Å². The third kappa shape index (κ3) is 2.88. The lowest BCUT2D eigenvalue weighted by molar-refractivity contribution is 0.185. The van der Waals surface area contributed by atoms with Crippen LogP contribution in [0.15, 0.2) is 4.52 Å². The number of hydrogen-bond donors (Lipinski definition) is 1. The van der Waals surface area contributed by atoms with E-state index < -0.39 is 0 Å². The Hall–Kier alpha value is -0.940. The van der Waals surface area contributed by atoms with Crippen molar-refractivity contribution >= 4 is 0 Å². The topological polar surface area (TPSA) is 74.2 Å². The zero-order valence-electron chi connectivity index (χ0n) is 12.1. The smallest absolute Gasteiger partial charge is 0.234 e. The van der Waals surface area contributed by atoms with Crippen LogP contribution in [-0.2, 0) is 16.6 Å². The molecular formula is C15H25N3O2. The molecule has 0 radical (unpaired) electrons. The molecule has 2 fully saturated rings. The van der Waals surface area contributed by atoms with Gasteiger partial charge in [0.1, 0.15) is 0 Å². The van der Waals surface area contributed by atoms with Crippen LogP contribution in [0.25, 0.3) is 0 Å². The Morgan fingerprint density at radius 1 is 1.20 bits per heavy atom. The van der Waals surface area contributed by atoms with Gasteiger partial charge in [-0.15, -0.1) is 0 Å². The van der Waals surface area contributed by atoms with Crippen LogP contribution < -0.4 is 5.73 Å². The SMILES string of the molecule is NCC1(c2nc(CC3CCOC3)no2)CCCCCC1. The van der Waals surface area contributed by atoms with Crippen molar-refractivity contribution in [2.45, 2.75) is 56.8 Å². The van der Waals surface area contributed by atoms with E-state index >= 15 is 0 Å². The second kappa shape index (κ2) is 6.22. The molecule has 0 aromatic carbocycles. The minimum atomic E-state index is -0.0755. The number of nitrogens with zero attached hydrogens (tertiary/aromatic N) is 2. The van der Waals surface area contributed by atoms with E-state index in [2.05, 4.69) is 10.1 Å². The van der Waals surface area contributed by atoms with E-state index in [1.165, 1.54) is 25.7 Å². The first-order valence-electron chi connectivity index (χ1n) is 7.93. The molecule has 20 heavy (non-hydrogen) atoms. The second-order valence-electron chi connectivity index (χ2n) is 6.35. The van der Waals surface area contributed by atoms with Gasteiger partial charge in [-0.05, 0) is 25.2 Å². The van der Waals surface area contributed by atoms with Crippen LogP contribution in [0.4, 0.5) is 0 Å². The van der Waals surface area contributed by atoms with Gasteiger partial charge in [0, 0.05) is 26.2 Å². The monoisotopic (exact) mass is 279 g/mol. The first kappa shape index (κ1) is 14.0. The quantitative estimate of drug-likeness (QED) is 0.855. The highest BCUT2D eigenvalue weighted by atomic mass is 16.5. The average Bonchev–Trinajstić information content (AvgIpc) is 3.08. The summed E-state index contributed by atoms with van der Waals surface area (Å²) < 4.78 is 11.0. The molecule has 0 amide bonds. The van der Waals surface area contributed by atoms with E-state index in [-0.39, 0.29) is 5.41 Å². The standard InChI is InChI=1S/C15H25N3O2/c16-11-15(6-3-1-2-4-7-15)14-17-13(18-20-14)9-12-5-8-19-10-12/h12H,1-11,16H2. The Labute approximate surface area is 120 Å². The fourth-order valence-electron chi connectivity index (χ4n) is 3.47. The molecule has 112 valence electrons. The Morgan fingerprint density at radius 2 is 2.00 bits per heavy atom. The van der Waals surface area contributed by atoms with Crippen molar-refractivity contribution in [1.29, 1.82) is 0 Å². The van der Waals surface area contributed by atoms with Crippen molar-refractivity contribution in [2.24, 2.45) is 11.7 Å². The highest BCUT2D eigenvalue weighted by Gasteiger charge is 2.37. The Bertz CT molecular complexity index is 419. The highest BCUT2D eigenvalue weighted by Crippen LogP contribution is 2.36. The van der Waals surface area contributed by atoms with Gasteiger partial charge >= 0.3 is 0 Å². The molecule has 1 aromatic heterocycles. The third-order valence-electron chi connectivity index (χ3n) is 4.87. The predicted molar refractivity (Wildman–Crippen MR) is 75.4 cm³/mol. The molecule has 2 N–H and O–H groups in total. The van der Waals surface area contributed by atoms with Crippen molar-refractivity contribution in [3.8, 4) is 0 Å². The lowest BCUT2D eigenvalue weighted by atomic mass is 9.80. The fraction of sp³-hybridized carbons (Fsp3) is 0.867. The van der Waals surface area contributed by atoms with Crippen molar-refractivity contribution < 1.29 is 9.26 Å². The molecule has 1 aliphatic heterocycles. The van der Waals surface area contributed by atoms with E-state index in [0.29, 0.717) is 12.5 Å². The molecule has 1 saturated carbocycles. The van der Waals surface area contributed by atoms with Crippen molar-refractivity contribution in [3.05, 3.63) is 11.7 Å². The lowest BCUT2D eigenvalue weighted by Crippen LogP contribution is -2.35. The normalized spacial score (nSPS) is 26.6. The van der Waals surface area contributed by atoms with Gasteiger partial charge in [0.2, 0.25) is 5.89 Å². The molecular weight excluding hydrogens is 254 g/mol. The van der Waals surface area contributed by atoms with Gasteiger partial charge in [-0.1, -0.05) is 30.8 Å². The summed E-state index contributed by atoms with van der Waals surface area (Å²) in [4.78, 5) is 4.67. The number of ether oxygens (including phenoxy) is 1. The van der Waals surface area contributed by atoms with Gasteiger partial charge in [0.05, 0.1) is 5.41 Å². The molecule has 0 spiro atoms. The molecule has 5 heteroatoms. The lowest BCUT2D eigenvalue weighted by Gasteiger charge is -2.26. The molecule has 2 heterocycles. The fourth-order valence-corrected chi connectivity index (χ4v) is 3.47. The number of rotatable bonds is 4. The summed E-state index contributed by atoms with van der Waals surface area (Å²) >= 11 is 0. The summed E-state index contributed by atoms with van der Waals surface area (Å²) in [6.45, 7) is 2.30. The third-order valence-corrected chi connectivity index (χ3v) is 4.87. The summed E-state index contributed by atoms with van der Waals surface area (Å²) in [5, 5.41) is 4.18. The molecule has 1 aliphatic carbocycles. The van der Waals surface area contributed by atoms with Gasteiger partial charge < -0.3 is 15.0 Å². The van der Waals surface area contributed by atoms with Crippen LogP contribution in [0, 0.1) is 5.92 Å². The average molecular weight is 279 g/mol. The van der Waals surface area contributed by atoms with Gasteiger partial charge in [0.25, 0.3) is 0 Å². The van der Waals surface area contributed by atoms with Gasteiger partial charge in [0.15, 0.2) is 5.82 Å². The van der Waals surface area contributed by atoms with E-state index in [9.17, 15) is 0 Å². The Morgan fingerprint density at radius 3 is 2.65 bits per heavy atom. The minimum absolute atomic E-state index is 0.0755. The van der Waals surface area contributed by atoms with Crippen molar-refractivity contribution in [3.63, 3.8) is 0 Å². The van der Waals surface area contributed by atoms with E-state index in [0.717, 1.165) is 50.6 Å². The van der Waals surface area contributed by atoms with Crippen molar-refractivity contribution in [2.75, 3.05) is 19.8 Å². The minimum Gasteiger partial charge on any atom is -0.381 e. The maximum absolute atomic E-state index is 6.06. The van der Waals surface area contributed by atoms with Gasteiger partial charge in [-0.2, -0.15) is 4.98 Å². The van der Waals surface area contributed by atoms with Gasteiger partial charge in [-0.3, -0.25) is 0 Å². The Balaban J connectivity index is 1.72. The molecule has 1 atom stereocenters. The van der Waals surface area contributed by atoms with Crippen LogP contribution in [0.5, 0.6) is 0 Å². The summed E-state index contributed by atoms with van der Waals surface area (Å²) in [5.41, 5.74) is 5.99. The second-order valence-corrected chi connectivity index (χ2v) is 6.35. The first-order chi connectivity index (χ1) is 9.82. The molecule has 3 rings (SSSR count). The maximum atomic E-state index is 6.06. The molecule has 0 bridgehead atoms. The first-order valence-corrected chi connectivity index (χ1v) is 7.93. The van der Waals surface area contributed by atoms with Crippen LogP contribution in [-0.4, -0.2) is 29.9 Å². The van der Waals surface area contributed by atoms with E-state index in [1.54, 1.807) is 0 Å².